The van der Waals surface area contributed by atoms with E-state index in [1.54, 1.807) is 13.8 Å². The molecule has 1 unspecified atom stereocenters. The van der Waals surface area contributed by atoms with Gasteiger partial charge in [0.15, 0.2) is 0 Å². The highest BCUT2D eigenvalue weighted by Gasteiger charge is 2.46. The summed E-state index contributed by atoms with van der Waals surface area (Å²) in [6, 6.07) is 0. The van der Waals surface area contributed by atoms with Crippen LogP contribution in [-0.4, -0.2) is 30.6 Å². The average molecular weight is 282 g/mol. The molecule has 0 aromatic heterocycles. The minimum absolute atomic E-state index is 0.0386. The van der Waals surface area contributed by atoms with Crippen LogP contribution in [0, 0.1) is 5.41 Å². The molecule has 0 radical (unpaired) electrons. The fraction of sp³-hybridized carbons (Fsp3) is 0.500. The van der Waals surface area contributed by atoms with Crippen molar-refractivity contribution in [3.05, 3.63) is 25.0 Å². The van der Waals surface area contributed by atoms with Gasteiger partial charge in [-0.3, -0.25) is 4.79 Å². The second kappa shape index (κ2) is 6.36. The summed E-state index contributed by atoms with van der Waals surface area (Å²) in [5, 5.41) is 0. The van der Waals surface area contributed by atoms with Crippen molar-refractivity contribution in [3.8, 4) is 0 Å². The maximum Gasteiger partial charge on any atom is 0.348 e. The molecule has 0 aliphatic carbocycles. The van der Waals surface area contributed by atoms with Crippen molar-refractivity contribution in [3.63, 3.8) is 0 Å². The van der Waals surface area contributed by atoms with E-state index in [9.17, 15) is 14.4 Å². The van der Waals surface area contributed by atoms with E-state index in [4.69, 9.17) is 14.2 Å². The van der Waals surface area contributed by atoms with E-state index in [1.165, 1.54) is 0 Å². The van der Waals surface area contributed by atoms with Crippen LogP contribution in [0.4, 0.5) is 0 Å². The molecule has 0 N–H and O–H groups in total. The number of ether oxygens (including phenoxy) is 3. The van der Waals surface area contributed by atoms with Crippen molar-refractivity contribution in [1.29, 1.82) is 0 Å². The van der Waals surface area contributed by atoms with Crippen molar-refractivity contribution in [2.45, 2.75) is 32.8 Å². The Balaban J connectivity index is 2.41. The van der Waals surface area contributed by atoms with Crippen LogP contribution < -0.4 is 0 Å². The molecule has 1 aliphatic heterocycles. The van der Waals surface area contributed by atoms with Crippen LogP contribution in [-0.2, 0) is 28.6 Å². The zero-order chi connectivity index (χ0) is 15.3. The monoisotopic (exact) mass is 282 g/mol. The topological polar surface area (TPSA) is 78.9 Å². The number of esters is 3. The first-order valence-corrected chi connectivity index (χ1v) is 6.14. The van der Waals surface area contributed by atoms with E-state index in [0.717, 1.165) is 6.08 Å². The lowest BCUT2D eigenvalue weighted by Gasteiger charge is -2.21. The molecule has 0 aromatic rings. The molecule has 1 saturated heterocycles. The highest BCUT2D eigenvalue weighted by atomic mass is 16.6. The summed E-state index contributed by atoms with van der Waals surface area (Å²) in [7, 11) is 0. The third-order valence-electron chi connectivity index (χ3n) is 2.78. The molecule has 110 valence electrons. The molecule has 20 heavy (non-hydrogen) atoms. The number of hydrogen-bond acceptors (Lipinski definition) is 6. The number of allylic oxidation sites excluding steroid dienone is 1. The van der Waals surface area contributed by atoms with Crippen molar-refractivity contribution in [2.24, 2.45) is 5.41 Å². The van der Waals surface area contributed by atoms with Crippen molar-refractivity contribution in [2.75, 3.05) is 6.61 Å². The Hall–Kier alpha value is -2.11. The lowest BCUT2D eigenvalue weighted by molar-refractivity contribution is -0.163. The standard InChI is InChI=1S/C14H18O6/c1-5-10(15)19-9(2)6-7-11(16)20-12-13(17)18-8-14(12,3)4/h5,12H,1-2,6-8H2,3-4H3. The molecule has 1 heterocycles. The van der Waals surface area contributed by atoms with Gasteiger partial charge in [0.25, 0.3) is 0 Å². The fourth-order valence-electron chi connectivity index (χ4n) is 1.60. The fourth-order valence-corrected chi connectivity index (χ4v) is 1.60. The molecule has 0 spiro atoms. The number of carbonyl (C=O) groups excluding carboxylic acids is 3. The maximum atomic E-state index is 11.7. The van der Waals surface area contributed by atoms with E-state index in [2.05, 4.69) is 13.2 Å². The molecular formula is C14H18O6. The van der Waals surface area contributed by atoms with Gasteiger partial charge in [0.05, 0.1) is 6.42 Å². The van der Waals surface area contributed by atoms with E-state index < -0.39 is 29.4 Å². The maximum absolute atomic E-state index is 11.7. The molecule has 1 aliphatic rings. The van der Waals surface area contributed by atoms with E-state index in [1.807, 2.05) is 0 Å². The zero-order valence-corrected chi connectivity index (χ0v) is 11.6. The lowest BCUT2D eigenvalue weighted by atomic mass is 9.90. The second-order valence-corrected chi connectivity index (χ2v) is 5.13. The molecule has 6 heteroatoms. The van der Waals surface area contributed by atoms with E-state index in [-0.39, 0.29) is 25.2 Å². The summed E-state index contributed by atoms with van der Waals surface area (Å²) in [6.07, 6.45) is 0.184. The first-order valence-electron chi connectivity index (χ1n) is 6.14. The SMILES string of the molecule is C=CC(=O)OC(=C)CCC(=O)OC1C(=O)OCC1(C)C. The smallest absolute Gasteiger partial charge is 0.348 e. The van der Waals surface area contributed by atoms with E-state index >= 15 is 0 Å². The Bertz CT molecular complexity index is 449. The summed E-state index contributed by atoms with van der Waals surface area (Å²) in [6.45, 7) is 10.5. The first-order chi connectivity index (χ1) is 9.26. The third kappa shape index (κ3) is 4.22. The Morgan fingerprint density at radius 2 is 2.10 bits per heavy atom. The van der Waals surface area contributed by atoms with Gasteiger partial charge in [-0.05, 0) is 0 Å². The van der Waals surface area contributed by atoms with Crippen LogP contribution >= 0.6 is 0 Å². The molecule has 0 saturated carbocycles. The normalized spacial score (nSPS) is 19.9. The second-order valence-electron chi connectivity index (χ2n) is 5.13. The van der Waals surface area contributed by atoms with Crippen LogP contribution in [0.3, 0.4) is 0 Å². The van der Waals surface area contributed by atoms with Gasteiger partial charge in [0.1, 0.15) is 12.4 Å². The number of hydrogen-bond donors (Lipinski definition) is 0. The highest BCUT2D eigenvalue weighted by Crippen LogP contribution is 2.31. The lowest BCUT2D eigenvalue weighted by Crippen LogP contribution is -2.34. The Labute approximate surface area is 117 Å². The molecule has 1 atom stereocenters. The summed E-state index contributed by atoms with van der Waals surface area (Å²) >= 11 is 0. The van der Waals surface area contributed by atoms with Gasteiger partial charge in [0, 0.05) is 17.9 Å². The third-order valence-corrected chi connectivity index (χ3v) is 2.78. The van der Waals surface area contributed by atoms with Gasteiger partial charge in [-0.15, -0.1) is 0 Å². The highest BCUT2D eigenvalue weighted by molar-refractivity contribution is 5.82. The van der Waals surface area contributed by atoms with Crippen molar-refractivity contribution >= 4 is 17.9 Å². The van der Waals surface area contributed by atoms with Gasteiger partial charge in [-0.2, -0.15) is 0 Å². The number of rotatable bonds is 6. The molecule has 1 fully saturated rings. The molecule has 1 rings (SSSR count). The number of cyclic esters (lactones) is 1. The van der Waals surface area contributed by atoms with E-state index in [0.29, 0.717) is 0 Å². The zero-order valence-electron chi connectivity index (χ0n) is 11.6. The van der Waals surface area contributed by atoms with Crippen LogP contribution in [0.15, 0.2) is 25.0 Å². The minimum atomic E-state index is -0.904. The van der Waals surface area contributed by atoms with Gasteiger partial charge in [0.2, 0.25) is 6.10 Å². The largest absolute Gasteiger partial charge is 0.462 e. The van der Waals surface area contributed by atoms with Crippen molar-refractivity contribution in [1.82, 2.24) is 0 Å². The molecule has 0 bridgehead atoms. The summed E-state index contributed by atoms with van der Waals surface area (Å²) < 4.78 is 14.7. The number of carbonyl (C=O) groups is 3. The van der Waals surface area contributed by atoms with Crippen LogP contribution in [0.1, 0.15) is 26.7 Å². The Morgan fingerprint density at radius 1 is 1.45 bits per heavy atom. The van der Waals surface area contributed by atoms with Crippen LogP contribution in [0.5, 0.6) is 0 Å². The average Bonchev–Trinajstić information content (AvgIpc) is 2.63. The molecule has 0 aromatic carbocycles. The summed E-state index contributed by atoms with van der Waals surface area (Å²) in [5.41, 5.74) is -0.543. The molecule has 0 amide bonds. The quantitative estimate of drug-likeness (QED) is 0.318. The van der Waals surface area contributed by atoms with Gasteiger partial charge < -0.3 is 14.2 Å². The first kappa shape index (κ1) is 15.9. The predicted octanol–water partition coefficient (Wildman–Crippen LogP) is 1.50. The molecular weight excluding hydrogens is 264 g/mol. The Morgan fingerprint density at radius 3 is 2.60 bits per heavy atom. The summed E-state index contributed by atoms with van der Waals surface area (Å²) in [4.78, 5) is 34.0. The Kier molecular flexibility index (Phi) is 5.07. The van der Waals surface area contributed by atoms with Gasteiger partial charge in [-0.25, -0.2) is 9.59 Å². The predicted molar refractivity (Wildman–Crippen MR) is 69.3 cm³/mol. The summed E-state index contributed by atoms with van der Waals surface area (Å²) in [5.74, 6) is -1.61. The van der Waals surface area contributed by atoms with Crippen LogP contribution in [0.25, 0.3) is 0 Å². The van der Waals surface area contributed by atoms with Crippen LogP contribution in [0.2, 0.25) is 0 Å². The van der Waals surface area contributed by atoms with Crippen molar-refractivity contribution < 1.29 is 28.6 Å². The van der Waals surface area contributed by atoms with Gasteiger partial charge >= 0.3 is 17.9 Å². The van der Waals surface area contributed by atoms with Gasteiger partial charge in [-0.1, -0.05) is 27.0 Å². The molecule has 6 nitrogen and oxygen atoms in total. The minimum Gasteiger partial charge on any atom is -0.462 e.